The fourth-order valence-electron chi connectivity index (χ4n) is 3.69. The zero-order valence-corrected chi connectivity index (χ0v) is 10.2. The van der Waals surface area contributed by atoms with Crippen LogP contribution in [0.25, 0.3) is 0 Å². The summed E-state index contributed by atoms with van der Waals surface area (Å²) < 4.78 is 0. The lowest BCUT2D eigenvalue weighted by Gasteiger charge is -2.54. The first-order valence-electron chi connectivity index (χ1n) is 6.27. The Labute approximate surface area is 92.8 Å². The van der Waals surface area contributed by atoms with Crippen molar-refractivity contribution in [1.82, 2.24) is 5.32 Å². The van der Waals surface area contributed by atoms with Gasteiger partial charge in [0, 0.05) is 12.5 Å². The van der Waals surface area contributed by atoms with Crippen molar-refractivity contribution in [3.8, 4) is 0 Å². The molecule has 15 heavy (non-hydrogen) atoms. The molecule has 3 aliphatic carbocycles. The van der Waals surface area contributed by atoms with E-state index < -0.39 is 0 Å². The maximum atomic E-state index is 11.9. The molecule has 2 bridgehead atoms. The number of amides is 1. The van der Waals surface area contributed by atoms with Crippen molar-refractivity contribution in [1.29, 1.82) is 0 Å². The third kappa shape index (κ3) is 1.49. The Kier molecular flexibility index (Phi) is 2.56. The van der Waals surface area contributed by atoms with Crippen molar-refractivity contribution < 1.29 is 4.79 Å². The number of hydrogen-bond acceptors (Lipinski definition) is 1. The van der Waals surface area contributed by atoms with E-state index in [0.717, 1.165) is 25.2 Å². The minimum absolute atomic E-state index is 0.00535. The number of nitrogens with one attached hydrogen (secondary N) is 1. The number of fused-ring (bicyclic) bond motifs is 3. The number of rotatable bonds is 2. The number of carbonyl (C=O) groups excluding carboxylic acids is 1. The summed E-state index contributed by atoms with van der Waals surface area (Å²) in [5.74, 6) is 1.07. The van der Waals surface area contributed by atoms with E-state index in [2.05, 4.69) is 19.2 Å². The maximum Gasteiger partial charge on any atom is 0.225 e. The molecule has 0 spiro atoms. The first-order valence-corrected chi connectivity index (χ1v) is 6.27. The van der Waals surface area contributed by atoms with Crippen LogP contribution in [0.4, 0.5) is 0 Å². The molecule has 0 heterocycles. The normalized spacial score (nSPS) is 39.5. The molecule has 3 aliphatic rings. The van der Waals surface area contributed by atoms with Gasteiger partial charge in [-0.15, -0.1) is 0 Å². The van der Waals surface area contributed by atoms with Gasteiger partial charge in [-0.2, -0.15) is 0 Å². The minimum atomic E-state index is 0.00535. The van der Waals surface area contributed by atoms with Crippen LogP contribution >= 0.6 is 0 Å². The molecule has 86 valence electrons. The highest BCUT2D eigenvalue weighted by atomic mass is 16.2. The average molecular weight is 209 g/mol. The first-order chi connectivity index (χ1) is 7.05. The Morgan fingerprint density at radius 3 is 1.87 bits per heavy atom. The molecule has 3 saturated carbocycles. The van der Waals surface area contributed by atoms with Crippen LogP contribution in [0.5, 0.6) is 0 Å². The fraction of sp³-hybridized carbons (Fsp3) is 0.923. The van der Waals surface area contributed by atoms with Crippen LogP contribution in [-0.2, 0) is 4.79 Å². The van der Waals surface area contributed by atoms with Gasteiger partial charge in [-0.3, -0.25) is 4.79 Å². The number of carbonyl (C=O) groups is 1. The Balaban J connectivity index is 2.14. The van der Waals surface area contributed by atoms with Crippen LogP contribution < -0.4 is 5.32 Å². The molecule has 3 fully saturated rings. The van der Waals surface area contributed by atoms with E-state index in [4.69, 9.17) is 0 Å². The molecular formula is C13H23NO. The molecule has 0 unspecified atom stereocenters. The fourth-order valence-corrected chi connectivity index (χ4v) is 3.69. The second-order valence-electron chi connectivity index (χ2n) is 5.88. The van der Waals surface area contributed by atoms with E-state index in [1.54, 1.807) is 7.05 Å². The monoisotopic (exact) mass is 209 g/mol. The van der Waals surface area contributed by atoms with Crippen LogP contribution in [0.1, 0.15) is 52.4 Å². The lowest BCUT2D eigenvalue weighted by molar-refractivity contribution is -0.141. The highest BCUT2D eigenvalue weighted by molar-refractivity contribution is 5.82. The predicted octanol–water partition coefficient (Wildman–Crippen LogP) is 2.73. The van der Waals surface area contributed by atoms with Gasteiger partial charge in [0.15, 0.2) is 0 Å². The molecule has 1 amide bonds. The van der Waals surface area contributed by atoms with Crippen molar-refractivity contribution in [2.45, 2.75) is 52.4 Å². The van der Waals surface area contributed by atoms with Crippen molar-refractivity contribution in [3.05, 3.63) is 0 Å². The summed E-state index contributed by atoms with van der Waals surface area (Å²) in [6, 6.07) is 0. The van der Waals surface area contributed by atoms with Crippen molar-refractivity contribution in [2.75, 3.05) is 7.05 Å². The molecule has 0 atom stereocenters. The molecule has 0 aromatic carbocycles. The Morgan fingerprint density at radius 2 is 1.53 bits per heavy atom. The van der Waals surface area contributed by atoms with Gasteiger partial charge in [-0.05, 0) is 49.9 Å². The third-order valence-electron chi connectivity index (χ3n) is 5.24. The van der Waals surface area contributed by atoms with Crippen LogP contribution in [-0.4, -0.2) is 13.0 Å². The van der Waals surface area contributed by atoms with E-state index in [0.29, 0.717) is 11.3 Å². The highest BCUT2D eigenvalue weighted by Gasteiger charge is 2.52. The molecule has 0 aliphatic heterocycles. The first kappa shape index (κ1) is 11.0. The van der Waals surface area contributed by atoms with Crippen molar-refractivity contribution >= 4 is 5.91 Å². The van der Waals surface area contributed by atoms with Gasteiger partial charge in [-0.25, -0.2) is 0 Å². The van der Waals surface area contributed by atoms with E-state index in [-0.39, 0.29) is 5.41 Å². The summed E-state index contributed by atoms with van der Waals surface area (Å²) in [7, 11) is 1.77. The Hall–Kier alpha value is -0.530. The summed E-state index contributed by atoms with van der Waals surface area (Å²) in [5.41, 5.74) is 0.571. The van der Waals surface area contributed by atoms with Gasteiger partial charge in [0.05, 0.1) is 0 Å². The van der Waals surface area contributed by atoms with Crippen LogP contribution in [0.15, 0.2) is 0 Å². The molecule has 0 radical (unpaired) electrons. The third-order valence-corrected chi connectivity index (χ3v) is 5.24. The molecule has 0 saturated heterocycles. The Bertz CT molecular complexity index is 245. The van der Waals surface area contributed by atoms with E-state index in [1.165, 1.54) is 19.3 Å². The molecule has 0 aromatic rings. The average Bonchev–Trinajstić information content (AvgIpc) is 2.30. The minimum Gasteiger partial charge on any atom is -0.359 e. The quantitative estimate of drug-likeness (QED) is 0.744. The molecular weight excluding hydrogens is 186 g/mol. The largest absolute Gasteiger partial charge is 0.359 e. The smallest absolute Gasteiger partial charge is 0.225 e. The van der Waals surface area contributed by atoms with Gasteiger partial charge < -0.3 is 5.32 Å². The van der Waals surface area contributed by atoms with E-state index >= 15 is 0 Å². The second-order valence-corrected chi connectivity index (χ2v) is 5.88. The van der Waals surface area contributed by atoms with E-state index in [9.17, 15) is 4.79 Å². The van der Waals surface area contributed by atoms with Gasteiger partial charge >= 0.3 is 0 Å². The lowest BCUT2D eigenvalue weighted by Crippen LogP contribution is -2.50. The van der Waals surface area contributed by atoms with Gasteiger partial charge in [0.25, 0.3) is 0 Å². The second kappa shape index (κ2) is 3.50. The topological polar surface area (TPSA) is 29.1 Å². The molecule has 1 N–H and O–H groups in total. The van der Waals surface area contributed by atoms with Crippen LogP contribution in [0.3, 0.4) is 0 Å². The molecule has 3 rings (SSSR count). The van der Waals surface area contributed by atoms with Crippen LogP contribution in [0.2, 0.25) is 0 Å². The summed E-state index contributed by atoms with van der Waals surface area (Å²) in [4.78, 5) is 11.9. The zero-order chi connectivity index (χ0) is 11.1. The summed E-state index contributed by atoms with van der Waals surface area (Å²) >= 11 is 0. The van der Waals surface area contributed by atoms with Crippen LogP contribution in [0, 0.1) is 16.7 Å². The highest BCUT2D eigenvalue weighted by Crippen LogP contribution is 2.59. The van der Waals surface area contributed by atoms with Gasteiger partial charge in [-0.1, -0.05) is 13.8 Å². The summed E-state index contributed by atoms with van der Waals surface area (Å²) in [6.07, 6.45) is 7.13. The van der Waals surface area contributed by atoms with Gasteiger partial charge in [0.2, 0.25) is 5.91 Å². The zero-order valence-electron chi connectivity index (χ0n) is 10.2. The molecule has 2 nitrogen and oxygen atoms in total. The SMILES string of the molecule is CNC(=O)C12CCC(C(C)C)(CC1)CC2. The summed E-state index contributed by atoms with van der Waals surface area (Å²) in [6.45, 7) is 4.69. The van der Waals surface area contributed by atoms with Crippen molar-refractivity contribution in [2.24, 2.45) is 16.7 Å². The van der Waals surface area contributed by atoms with Crippen molar-refractivity contribution in [3.63, 3.8) is 0 Å². The predicted molar refractivity (Wildman–Crippen MR) is 61.5 cm³/mol. The van der Waals surface area contributed by atoms with E-state index in [1.807, 2.05) is 0 Å². The maximum absolute atomic E-state index is 11.9. The molecule has 2 heteroatoms. The Morgan fingerprint density at radius 1 is 1.07 bits per heavy atom. The summed E-state index contributed by atoms with van der Waals surface area (Å²) in [5, 5.41) is 2.85. The number of hydrogen-bond donors (Lipinski definition) is 1. The van der Waals surface area contributed by atoms with Gasteiger partial charge in [0.1, 0.15) is 0 Å². The lowest BCUT2D eigenvalue weighted by atomic mass is 9.50. The molecule has 0 aromatic heterocycles. The standard InChI is InChI=1S/C13H23NO/c1-10(2)12-4-7-13(8-5-12,9-6-12)11(15)14-3/h10H,4-9H2,1-3H3,(H,14,15).